The van der Waals surface area contributed by atoms with Crippen molar-refractivity contribution in [1.29, 1.82) is 0 Å². The third-order valence-corrected chi connectivity index (χ3v) is 4.81. The van der Waals surface area contributed by atoms with Crippen LogP contribution in [0.25, 0.3) is 0 Å². The lowest BCUT2D eigenvalue weighted by atomic mass is 10.2. The average Bonchev–Trinajstić information content (AvgIpc) is 2.38. The SMILES string of the molecule is O=S(=O)(NCc1cccc(Br)c1)N1CCNCC1. The molecule has 0 atom stereocenters. The van der Waals surface area contributed by atoms with Crippen molar-refractivity contribution in [3.05, 3.63) is 34.3 Å². The van der Waals surface area contributed by atoms with Gasteiger partial charge in [-0.25, -0.2) is 0 Å². The van der Waals surface area contributed by atoms with E-state index < -0.39 is 10.2 Å². The van der Waals surface area contributed by atoms with E-state index in [1.807, 2.05) is 24.3 Å². The minimum atomic E-state index is -3.37. The molecule has 0 spiro atoms. The Labute approximate surface area is 116 Å². The van der Waals surface area contributed by atoms with Crippen LogP contribution < -0.4 is 10.0 Å². The molecule has 1 aliphatic rings. The fraction of sp³-hybridized carbons (Fsp3) is 0.455. The Bertz CT molecular complexity index is 501. The summed E-state index contributed by atoms with van der Waals surface area (Å²) in [6.45, 7) is 2.77. The number of rotatable bonds is 4. The van der Waals surface area contributed by atoms with Crippen LogP contribution in [0.4, 0.5) is 0 Å². The van der Waals surface area contributed by atoms with Gasteiger partial charge in [0, 0.05) is 37.2 Å². The number of halogens is 1. The standard InChI is InChI=1S/C11H16BrN3O2S/c12-11-3-1-2-10(8-11)9-14-18(16,17)15-6-4-13-5-7-15/h1-3,8,13-14H,4-7,9H2. The first kappa shape index (κ1) is 14.0. The molecule has 5 nitrogen and oxygen atoms in total. The van der Waals surface area contributed by atoms with Crippen molar-refractivity contribution in [3.63, 3.8) is 0 Å². The molecule has 7 heteroatoms. The Morgan fingerprint density at radius 3 is 2.72 bits per heavy atom. The zero-order valence-electron chi connectivity index (χ0n) is 9.89. The van der Waals surface area contributed by atoms with E-state index in [1.165, 1.54) is 4.31 Å². The van der Waals surface area contributed by atoms with Gasteiger partial charge in [-0.2, -0.15) is 17.4 Å². The lowest BCUT2D eigenvalue weighted by Gasteiger charge is -2.26. The lowest BCUT2D eigenvalue weighted by Crippen LogP contribution is -2.50. The zero-order valence-corrected chi connectivity index (χ0v) is 12.3. The molecule has 100 valence electrons. The molecule has 18 heavy (non-hydrogen) atoms. The zero-order chi connectivity index (χ0) is 13.0. The lowest BCUT2D eigenvalue weighted by molar-refractivity contribution is 0.354. The maximum Gasteiger partial charge on any atom is 0.279 e. The largest absolute Gasteiger partial charge is 0.314 e. The highest BCUT2D eigenvalue weighted by molar-refractivity contribution is 9.10. The predicted molar refractivity (Wildman–Crippen MR) is 74.3 cm³/mol. The van der Waals surface area contributed by atoms with Gasteiger partial charge in [-0.1, -0.05) is 28.1 Å². The number of hydrogen-bond donors (Lipinski definition) is 2. The summed E-state index contributed by atoms with van der Waals surface area (Å²) in [5.74, 6) is 0. The maximum absolute atomic E-state index is 12.0. The van der Waals surface area contributed by atoms with Crippen LogP contribution in [0.1, 0.15) is 5.56 Å². The van der Waals surface area contributed by atoms with Crippen LogP contribution >= 0.6 is 15.9 Å². The van der Waals surface area contributed by atoms with E-state index in [1.54, 1.807) is 0 Å². The number of piperazine rings is 1. The van der Waals surface area contributed by atoms with Crippen molar-refractivity contribution in [2.75, 3.05) is 26.2 Å². The van der Waals surface area contributed by atoms with Gasteiger partial charge in [0.25, 0.3) is 10.2 Å². The van der Waals surface area contributed by atoms with Gasteiger partial charge in [-0.3, -0.25) is 0 Å². The van der Waals surface area contributed by atoms with Gasteiger partial charge < -0.3 is 5.32 Å². The Kier molecular flexibility index (Phi) is 4.74. The second-order valence-corrected chi connectivity index (χ2v) is 6.78. The van der Waals surface area contributed by atoms with Crippen LogP contribution in [0.3, 0.4) is 0 Å². The van der Waals surface area contributed by atoms with Crippen LogP contribution in [-0.2, 0) is 16.8 Å². The molecular formula is C11H16BrN3O2S. The smallest absolute Gasteiger partial charge is 0.279 e. The molecule has 0 radical (unpaired) electrons. The van der Waals surface area contributed by atoms with Crippen molar-refractivity contribution in [3.8, 4) is 0 Å². The third kappa shape index (κ3) is 3.76. The Balaban J connectivity index is 1.96. The van der Waals surface area contributed by atoms with Crippen molar-refractivity contribution in [2.45, 2.75) is 6.54 Å². The van der Waals surface area contributed by atoms with Crippen molar-refractivity contribution < 1.29 is 8.42 Å². The van der Waals surface area contributed by atoms with Crippen molar-refractivity contribution in [1.82, 2.24) is 14.3 Å². The van der Waals surface area contributed by atoms with Gasteiger partial charge in [0.05, 0.1) is 0 Å². The molecule has 1 heterocycles. The quantitative estimate of drug-likeness (QED) is 0.852. The van der Waals surface area contributed by atoms with Crippen molar-refractivity contribution >= 4 is 26.1 Å². The predicted octanol–water partition coefficient (Wildman–Crippen LogP) is 0.689. The third-order valence-electron chi connectivity index (χ3n) is 2.76. The van der Waals surface area contributed by atoms with Gasteiger partial charge in [0.1, 0.15) is 0 Å². The summed E-state index contributed by atoms with van der Waals surface area (Å²) >= 11 is 3.36. The first-order valence-corrected chi connectivity index (χ1v) is 8.01. The summed E-state index contributed by atoms with van der Waals surface area (Å²) in [6, 6.07) is 7.60. The van der Waals surface area contributed by atoms with E-state index in [2.05, 4.69) is 26.0 Å². The highest BCUT2D eigenvalue weighted by Crippen LogP contribution is 2.12. The molecule has 0 unspecified atom stereocenters. The minimum absolute atomic E-state index is 0.311. The van der Waals surface area contributed by atoms with E-state index in [4.69, 9.17) is 0 Å². The topological polar surface area (TPSA) is 61.4 Å². The minimum Gasteiger partial charge on any atom is -0.314 e. The van der Waals surface area contributed by atoms with E-state index in [0.717, 1.165) is 10.0 Å². The number of nitrogens with zero attached hydrogens (tertiary/aromatic N) is 1. The molecule has 1 saturated heterocycles. The number of nitrogens with one attached hydrogen (secondary N) is 2. The highest BCUT2D eigenvalue weighted by atomic mass is 79.9. The van der Waals surface area contributed by atoms with Gasteiger partial charge in [0.15, 0.2) is 0 Å². The van der Waals surface area contributed by atoms with Crippen molar-refractivity contribution in [2.24, 2.45) is 0 Å². The summed E-state index contributed by atoms with van der Waals surface area (Å²) in [5, 5.41) is 3.13. The molecule has 1 aromatic carbocycles. The summed E-state index contributed by atoms with van der Waals surface area (Å²) < 4.78 is 29.1. The molecular weight excluding hydrogens is 318 g/mol. The first-order chi connectivity index (χ1) is 8.58. The second kappa shape index (κ2) is 6.12. The van der Waals surface area contributed by atoms with E-state index >= 15 is 0 Å². The molecule has 2 N–H and O–H groups in total. The number of benzene rings is 1. The molecule has 0 amide bonds. The molecule has 1 aromatic rings. The normalized spacial score (nSPS) is 17.8. The number of hydrogen-bond acceptors (Lipinski definition) is 3. The average molecular weight is 334 g/mol. The van der Waals surface area contributed by atoms with Gasteiger partial charge in [0.2, 0.25) is 0 Å². The molecule has 2 rings (SSSR count). The monoisotopic (exact) mass is 333 g/mol. The fourth-order valence-corrected chi connectivity index (χ4v) is 3.44. The first-order valence-electron chi connectivity index (χ1n) is 5.78. The molecule has 1 aliphatic heterocycles. The van der Waals surface area contributed by atoms with Crippen LogP contribution in [0.5, 0.6) is 0 Å². The van der Waals surface area contributed by atoms with Crippen LogP contribution in [0.2, 0.25) is 0 Å². The Morgan fingerprint density at radius 2 is 2.06 bits per heavy atom. The van der Waals surface area contributed by atoms with Gasteiger partial charge in [-0.05, 0) is 17.7 Å². The highest BCUT2D eigenvalue weighted by Gasteiger charge is 2.22. The summed E-state index contributed by atoms with van der Waals surface area (Å²) in [5.41, 5.74) is 0.933. The van der Waals surface area contributed by atoms with E-state index in [-0.39, 0.29) is 0 Å². The van der Waals surface area contributed by atoms with E-state index in [0.29, 0.717) is 32.7 Å². The summed E-state index contributed by atoms with van der Waals surface area (Å²) in [6.07, 6.45) is 0. The molecule has 0 saturated carbocycles. The van der Waals surface area contributed by atoms with Crippen LogP contribution in [0.15, 0.2) is 28.7 Å². The van der Waals surface area contributed by atoms with Gasteiger partial charge in [-0.15, -0.1) is 0 Å². The van der Waals surface area contributed by atoms with Crippen LogP contribution in [-0.4, -0.2) is 38.9 Å². The molecule has 0 bridgehead atoms. The maximum atomic E-state index is 12.0. The Hall–Kier alpha value is -0.470. The van der Waals surface area contributed by atoms with Crippen LogP contribution in [0, 0.1) is 0 Å². The molecule has 1 fully saturated rings. The van der Waals surface area contributed by atoms with E-state index in [9.17, 15) is 8.42 Å². The summed E-state index contributed by atoms with van der Waals surface area (Å²) in [7, 11) is -3.37. The fourth-order valence-electron chi connectivity index (χ4n) is 1.80. The Morgan fingerprint density at radius 1 is 1.33 bits per heavy atom. The summed E-state index contributed by atoms with van der Waals surface area (Å²) in [4.78, 5) is 0. The molecule has 0 aliphatic carbocycles. The van der Waals surface area contributed by atoms with Gasteiger partial charge >= 0.3 is 0 Å². The second-order valence-electron chi connectivity index (χ2n) is 4.11. The molecule has 0 aromatic heterocycles.